The molecule has 2 aromatic carbocycles. The Kier molecular flexibility index (Phi) is 9.44. The number of carbonyl (C=O) groups excluding carboxylic acids is 3. The Hall–Kier alpha value is -2.08. The van der Waals surface area contributed by atoms with Crippen molar-refractivity contribution in [1.82, 2.24) is 14.5 Å². The average molecular weight is 617 g/mol. The molecule has 2 heterocycles. The smallest absolute Gasteiger partial charge is 0.293 e. The predicted molar refractivity (Wildman–Crippen MR) is 150 cm³/mol. The van der Waals surface area contributed by atoms with Crippen molar-refractivity contribution in [1.29, 1.82) is 0 Å². The topological polar surface area (TPSA) is 104 Å². The van der Waals surface area contributed by atoms with Crippen molar-refractivity contribution in [2.24, 2.45) is 0 Å². The van der Waals surface area contributed by atoms with Crippen LogP contribution >= 0.6 is 46.6 Å². The van der Waals surface area contributed by atoms with E-state index in [1.54, 1.807) is 12.1 Å². The van der Waals surface area contributed by atoms with Gasteiger partial charge in [-0.2, -0.15) is 4.31 Å². The van der Waals surface area contributed by atoms with Gasteiger partial charge in [0.15, 0.2) is 0 Å². The van der Waals surface area contributed by atoms with Crippen molar-refractivity contribution in [3.63, 3.8) is 0 Å². The maximum absolute atomic E-state index is 13.2. The minimum atomic E-state index is -3.86. The van der Waals surface area contributed by atoms with Crippen molar-refractivity contribution in [2.45, 2.75) is 30.6 Å². The van der Waals surface area contributed by atoms with Gasteiger partial charge in [-0.25, -0.2) is 8.42 Å². The Labute approximate surface area is 240 Å². The van der Waals surface area contributed by atoms with Gasteiger partial charge in [0.25, 0.3) is 17.1 Å². The predicted octanol–water partition coefficient (Wildman–Crippen LogP) is 5.68. The van der Waals surface area contributed by atoms with Crippen LogP contribution in [0.3, 0.4) is 0 Å². The molecule has 8 nitrogen and oxygen atoms in total. The third kappa shape index (κ3) is 6.55. The van der Waals surface area contributed by atoms with Crippen molar-refractivity contribution >= 4 is 79.7 Å². The minimum Gasteiger partial charge on any atom is -0.350 e. The lowest BCUT2D eigenvalue weighted by Gasteiger charge is -2.21. The third-order valence-corrected chi connectivity index (χ3v) is 9.97. The van der Waals surface area contributed by atoms with E-state index in [2.05, 4.69) is 5.32 Å². The van der Waals surface area contributed by atoms with Crippen molar-refractivity contribution < 1.29 is 22.8 Å². The third-order valence-electron chi connectivity index (χ3n) is 6.12. The fourth-order valence-corrected chi connectivity index (χ4v) is 7.44. The maximum Gasteiger partial charge on any atom is 0.293 e. The first kappa shape index (κ1) is 28.9. The second-order valence-corrected chi connectivity index (χ2v) is 12.9. The second kappa shape index (κ2) is 12.4. The van der Waals surface area contributed by atoms with Crippen molar-refractivity contribution in [2.75, 3.05) is 26.2 Å². The van der Waals surface area contributed by atoms with Crippen LogP contribution in [0.1, 0.15) is 41.6 Å². The Morgan fingerprint density at radius 1 is 0.974 bits per heavy atom. The van der Waals surface area contributed by atoms with E-state index in [1.807, 2.05) is 0 Å². The molecule has 3 amide bonds. The normalized spacial score (nSPS) is 18.2. The van der Waals surface area contributed by atoms with E-state index in [1.165, 1.54) is 34.6 Å². The average Bonchev–Trinajstić information content (AvgIpc) is 3.05. The molecule has 2 fully saturated rings. The number of carbonyl (C=O) groups is 3. The highest BCUT2D eigenvalue weighted by atomic mass is 35.5. The summed E-state index contributed by atoms with van der Waals surface area (Å²) in [5, 5.41) is 2.99. The molecule has 2 aliphatic rings. The Balaban J connectivity index is 1.40. The summed E-state index contributed by atoms with van der Waals surface area (Å²) in [6, 6.07) is 8.88. The molecule has 4 rings (SSSR count). The summed E-state index contributed by atoms with van der Waals surface area (Å²) in [4.78, 5) is 39.1. The number of rotatable bonds is 7. The van der Waals surface area contributed by atoms with Gasteiger partial charge in [-0.1, -0.05) is 53.7 Å². The van der Waals surface area contributed by atoms with Crippen LogP contribution in [-0.4, -0.2) is 60.9 Å². The van der Waals surface area contributed by atoms with Gasteiger partial charge in [0.2, 0.25) is 10.0 Å². The van der Waals surface area contributed by atoms with Crippen LogP contribution in [0.25, 0.3) is 6.08 Å². The first-order chi connectivity index (χ1) is 18.1. The van der Waals surface area contributed by atoms with Gasteiger partial charge in [-0.15, -0.1) is 0 Å². The van der Waals surface area contributed by atoms with E-state index in [0.29, 0.717) is 28.7 Å². The summed E-state index contributed by atoms with van der Waals surface area (Å²) >= 11 is 19.1. The lowest BCUT2D eigenvalue weighted by Crippen LogP contribution is -2.37. The number of nitrogens with one attached hydrogen (secondary N) is 1. The Bertz CT molecular complexity index is 1410. The maximum atomic E-state index is 13.2. The largest absolute Gasteiger partial charge is 0.350 e. The standard InChI is InChI=1S/C25H24Cl3N3O5S2/c26-18-7-5-16(20(28)15-18)13-21-24(33)31(25(34)37-21)12-9-29-23(32)17-6-8-19(27)22(14-17)38(35,36)30-10-3-1-2-4-11-30/h5-8,13-15H,1-4,9-12H2,(H,29,32)/b21-13+. The van der Waals surface area contributed by atoms with Crippen LogP contribution in [0, 0.1) is 0 Å². The molecule has 0 saturated carbocycles. The molecule has 38 heavy (non-hydrogen) atoms. The molecule has 0 spiro atoms. The van der Waals surface area contributed by atoms with Gasteiger partial charge in [-0.05, 0) is 66.6 Å². The minimum absolute atomic E-state index is 0.0251. The summed E-state index contributed by atoms with van der Waals surface area (Å²) in [5.74, 6) is -1.05. The van der Waals surface area contributed by atoms with E-state index < -0.39 is 27.1 Å². The van der Waals surface area contributed by atoms with Gasteiger partial charge >= 0.3 is 0 Å². The highest BCUT2D eigenvalue weighted by Crippen LogP contribution is 2.34. The zero-order chi connectivity index (χ0) is 27.4. The van der Waals surface area contributed by atoms with Gasteiger partial charge in [0.05, 0.1) is 9.93 Å². The number of hydrogen-bond acceptors (Lipinski definition) is 6. The van der Waals surface area contributed by atoms with Crippen LogP contribution in [0.4, 0.5) is 4.79 Å². The van der Waals surface area contributed by atoms with Crippen molar-refractivity contribution in [3.8, 4) is 0 Å². The molecule has 0 radical (unpaired) electrons. The fraction of sp³-hybridized carbons (Fsp3) is 0.320. The zero-order valence-electron chi connectivity index (χ0n) is 20.1. The van der Waals surface area contributed by atoms with Gasteiger partial charge < -0.3 is 5.32 Å². The number of sulfonamides is 1. The molecular weight excluding hydrogens is 593 g/mol. The number of thioether (sulfide) groups is 1. The van der Waals surface area contributed by atoms with E-state index in [-0.39, 0.29) is 33.5 Å². The van der Waals surface area contributed by atoms with Gasteiger partial charge in [-0.3, -0.25) is 19.3 Å². The Morgan fingerprint density at radius 2 is 1.68 bits per heavy atom. The highest BCUT2D eigenvalue weighted by Gasteiger charge is 2.35. The lowest BCUT2D eigenvalue weighted by atomic mass is 10.2. The number of halogens is 3. The molecule has 0 aromatic heterocycles. The zero-order valence-corrected chi connectivity index (χ0v) is 24.0. The summed E-state index contributed by atoms with van der Waals surface area (Å²) in [6.45, 7) is 0.731. The molecule has 2 aliphatic heterocycles. The van der Waals surface area contributed by atoms with E-state index in [4.69, 9.17) is 34.8 Å². The fourth-order valence-electron chi connectivity index (χ4n) is 4.10. The van der Waals surface area contributed by atoms with E-state index >= 15 is 0 Å². The number of amides is 3. The number of hydrogen-bond donors (Lipinski definition) is 1. The molecule has 2 aromatic rings. The molecule has 0 unspecified atom stereocenters. The lowest BCUT2D eigenvalue weighted by molar-refractivity contribution is -0.122. The van der Waals surface area contributed by atoms with Crippen LogP contribution < -0.4 is 5.32 Å². The van der Waals surface area contributed by atoms with Crippen LogP contribution in [0.15, 0.2) is 46.2 Å². The SMILES string of the molecule is O=C(NCCN1C(=O)S/C(=C/c2ccc(Cl)cc2Cl)C1=O)c1ccc(Cl)c(S(=O)(=O)N2CCCCCC2)c1. The summed E-state index contributed by atoms with van der Waals surface area (Å²) in [7, 11) is -3.86. The second-order valence-electron chi connectivity index (χ2n) is 8.72. The van der Waals surface area contributed by atoms with Gasteiger partial charge in [0, 0.05) is 41.8 Å². The van der Waals surface area contributed by atoms with Gasteiger partial charge in [0.1, 0.15) is 4.90 Å². The summed E-state index contributed by atoms with van der Waals surface area (Å²) < 4.78 is 27.8. The summed E-state index contributed by atoms with van der Waals surface area (Å²) in [5.41, 5.74) is 0.651. The number of imide groups is 1. The monoisotopic (exact) mass is 615 g/mol. The van der Waals surface area contributed by atoms with Crippen LogP contribution in [-0.2, 0) is 14.8 Å². The molecule has 0 atom stereocenters. The first-order valence-corrected chi connectivity index (χ1v) is 15.3. The molecular formula is C25H24Cl3N3O5S2. The first-order valence-electron chi connectivity index (χ1n) is 11.9. The van der Waals surface area contributed by atoms with E-state index in [9.17, 15) is 22.8 Å². The summed E-state index contributed by atoms with van der Waals surface area (Å²) in [6.07, 6.45) is 4.99. The number of benzene rings is 2. The van der Waals surface area contributed by atoms with E-state index in [0.717, 1.165) is 42.3 Å². The van der Waals surface area contributed by atoms with Crippen LogP contribution in [0.2, 0.25) is 15.1 Å². The molecule has 13 heteroatoms. The molecule has 0 bridgehead atoms. The molecule has 1 N–H and O–H groups in total. The number of nitrogens with zero attached hydrogens (tertiary/aromatic N) is 2. The van der Waals surface area contributed by atoms with Crippen LogP contribution in [0.5, 0.6) is 0 Å². The molecule has 0 aliphatic carbocycles. The Morgan fingerprint density at radius 3 is 2.37 bits per heavy atom. The highest BCUT2D eigenvalue weighted by molar-refractivity contribution is 8.18. The molecule has 202 valence electrons. The quantitative estimate of drug-likeness (QED) is 0.402. The molecule has 2 saturated heterocycles. The van der Waals surface area contributed by atoms with Crippen molar-refractivity contribution in [3.05, 3.63) is 67.5 Å².